The van der Waals surface area contributed by atoms with Crippen LogP contribution in [0.15, 0.2) is 23.6 Å². The van der Waals surface area contributed by atoms with Crippen LogP contribution in [0.25, 0.3) is 11.3 Å². The molecule has 0 radical (unpaired) electrons. The van der Waals surface area contributed by atoms with Gasteiger partial charge in [0.25, 0.3) is 5.19 Å². The highest BCUT2D eigenvalue weighted by atomic mass is 32.1. The average molecular weight is 394 g/mol. The monoisotopic (exact) mass is 393 g/mol. The van der Waals surface area contributed by atoms with Gasteiger partial charge in [0, 0.05) is 37.1 Å². The van der Waals surface area contributed by atoms with Crippen molar-refractivity contribution in [3.8, 4) is 22.2 Å². The molecule has 2 aromatic rings. The van der Waals surface area contributed by atoms with E-state index in [1.807, 2.05) is 18.2 Å². The quantitative estimate of drug-likeness (QED) is 0.600. The minimum Gasteiger partial charge on any atom is -0.493 e. The van der Waals surface area contributed by atoms with E-state index in [1.54, 1.807) is 12.5 Å². The number of ether oxygens (including phenoxy) is 3. The number of amides is 1. The summed E-state index contributed by atoms with van der Waals surface area (Å²) in [5.74, 6) is 1.11. The Kier molecular flexibility index (Phi) is 8.02. The Bertz CT molecular complexity index is 748. The van der Waals surface area contributed by atoms with Gasteiger partial charge >= 0.3 is 6.09 Å². The molecule has 148 valence electrons. The van der Waals surface area contributed by atoms with Gasteiger partial charge in [-0.25, -0.2) is 9.78 Å². The Labute approximate surface area is 163 Å². The van der Waals surface area contributed by atoms with Gasteiger partial charge in [0.2, 0.25) is 0 Å². The molecule has 0 aliphatic carbocycles. The second-order valence-corrected chi connectivity index (χ2v) is 7.38. The number of benzene rings is 1. The highest BCUT2D eigenvalue weighted by Crippen LogP contribution is 2.34. The van der Waals surface area contributed by atoms with E-state index in [0.717, 1.165) is 29.7 Å². The molecule has 1 aromatic heterocycles. The van der Waals surface area contributed by atoms with Gasteiger partial charge in [-0.15, -0.1) is 0 Å². The maximum Gasteiger partial charge on any atom is 0.411 e. The van der Waals surface area contributed by atoms with E-state index in [9.17, 15) is 4.79 Å². The van der Waals surface area contributed by atoms with E-state index in [-0.39, 0.29) is 11.2 Å². The number of rotatable bonds is 10. The largest absolute Gasteiger partial charge is 0.493 e. The van der Waals surface area contributed by atoms with Crippen LogP contribution in [0.5, 0.6) is 10.9 Å². The first-order valence-electron chi connectivity index (χ1n) is 8.84. The topological polar surface area (TPSA) is 110 Å². The van der Waals surface area contributed by atoms with Crippen LogP contribution in [0, 0.1) is 5.92 Å². The van der Waals surface area contributed by atoms with Crippen LogP contribution in [-0.2, 0) is 11.2 Å². The summed E-state index contributed by atoms with van der Waals surface area (Å²) >= 11 is 1.20. The molecule has 0 aliphatic rings. The van der Waals surface area contributed by atoms with E-state index >= 15 is 0 Å². The third kappa shape index (κ3) is 6.50. The van der Waals surface area contributed by atoms with Crippen LogP contribution in [0.1, 0.15) is 25.8 Å². The van der Waals surface area contributed by atoms with Crippen LogP contribution in [0.2, 0.25) is 0 Å². The molecule has 0 spiro atoms. The molecule has 1 heterocycles. The van der Waals surface area contributed by atoms with Crippen molar-refractivity contribution in [2.24, 2.45) is 17.4 Å². The van der Waals surface area contributed by atoms with Crippen molar-refractivity contribution in [2.45, 2.75) is 32.7 Å². The lowest BCUT2D eigenvalue weighted by molar-refractivity contribution is 0.172. The smallest absolute Gasteiger partial charge is 0.411 e. The third-order valence-electron chi connectivity index (χ3n) is 4.07. The standard InChI is InChI=1S/C19H27N3O4S/c1-12(2)15(20)9-13-5-6-14(17(10-13)25-8-4-7-24-3)16-11-27-19(22-16)26-18(21)23/h5-6,10-12,15H,4,7-9,20H2,1-3H3,(H2,21,23). The zero-order valence-electron chi connectivity index (χ0n) is 15.9. The fourth-order valence-corrected chi connectivity index (χ4v) is 3.11. The first kappa shape index (κ1) is 21.1. The van der Waals surface area contributed by atoms with E-state index in [1.165, 1.54) is 11.3 Å². The van der Waals surface area contributed by atoms with Crippen molar-refractivity contribution in [2.75, 3.05) is 20.3 Å². The molecule has 2 rings (SSSR count). The number of hydrogen-bond donors (Lipinski definition) is 2. The van der Waals surface area contributed by atoms with E-state index in [4.69, 9.17) is 25.7 Å². The molecule has 1 aromatic carbocycles. The number of carbonyl (C=O) groups is 1. The van der Waals surface area contributed by atoms with Crippen LogP contribution >= 0.6 is 11.3 Å². The molecule has 1 amide bonds. The van der Waals surface area contributed by atoms with Crippen molar-refractivity contribution >= 4 is 17.4 Å². The fraction of sp³-hybridized carbons (Fsp3) is 0.474. The number of thiazole rings is 1. The number of primary amides is 1. The van der Waals surface area contributed by atoms with Crippen molar-refractivity contribution in [3.05, 3.63) is 29.1 Å². The van der Waals surface area contributed by atoms with E-state index in [2.05, 4.69) is 18.8 Å². The number of methoxy groups -OCH3 is 1. The number of hydrogen-bond acceptors (Lipinski definition) is 7. The van der Waals surface area contributed by atoms with Gasteiger partial charge in [0.15, 0.2) is 0 Å². The molecule has 0 aliphatic heterocycles. The number of nitrogens with two attached hydrogens (primary N) is 2. The van der Waals surface area contributed by atoms with Gasteiger partial charge in [0.1, 0.15) is 5.75 Å². The summed E-state index contributed by atoms with van der Waals surface area (Å²) in [6.45, 7) is 5.36. The van der Waals surface area contributed by atoms with Crippen molar-refractivity contribution in [3.63, 3.8) is 0 Å². The second-order valence-electron chi connectivity index (χ2n) is 6.56. The Balaban J connectivity index is 2.25. The maximum atomic E-state index is 10.9. The van der Waals surface area contributed by atoms with Gasteiger partial charge in [-0.2, -0.15) is 0 Å². The fourth-order valence-electron chi connectivity index (χ4n) is 2.43. The summed E-state index contributed by atoms with van der Waals surface area (Å²) in [5, 5.41) is 2.00. The van der Waals surface area contributed by atoms with Crippen LogP contribution < -0.4 is 20.9 Å². The van der Waals surface area contributed by atoms with E-state index in [0.29, 0.717) is 24.8 Å². The molecule has 8 heteroatoms. The zero-order valence-corrected chi connectivity index (χ0v) is 16.8. The molecule has 0 saturated heterocycles. The summed E-state index contributed by atoms with van der Waals surface area (Å²) in [6.07, 6.45) is 0.656. The van der Waals surface area contributed by atoms with Crippen LogP contribution in [0.3, 0.4) is 0 Å². The first-order chi connectivity index (χ1) is 12.9. The van der Waals surface area contributed by atoms with Gasteiger partial charge < -0.3 is 25.7 Å². The summed E-state index contributed by atoms with van der Waals surface area (Å²) < 4.78 is 15.9. The lowest BCUT2D eigenvalue weighted by atomic mass is 9.96. The Hall–Kier alpha value is -2.16. The van der Waals surface area contributed by atoms with E-state index < -0.39 is 6.09 Å². The van der Waals surface area contributed by atoms with Crippen molar-refractivity contribution in [1.82, 2.24) is 4.98 Å². The highest BCUT2D eigenvalue weighted by molar-refractivity contribution is 7.11. The van der Waals surface area contributed by atoms with Gasteiger partial charge in [0.05, 0.1) is 12.3 Å². The first-order valence-corrected chi connectivity index (χ1v) is 9.72. The average Bonchev–Trinajstić information content (AvgIpc) is 3.06. The van der Waals surface area contributed by atoms with Crippen molar-refractivity contribution < 1.29 is 19.0 Å². The molecule has 1 unspecified atom stereocenters. The molecular formula is C19H27N3O4S. The number of nitrogens with zero attached hydrogens (tertiary/aromatic N) is 1. The van der Waals surface area contributed by atoms with Crippen LogP contribution in [-0.4, -0.2) is 37.4 Å². The number of carbonyl (C=O) groups excluding carboxylic acids is 1. The molecule has 0 bridgehead atoms. The molecule has 1 atom stereocenters. The predicted octanol–water partition coefficient (Wildman–Crippen LogP) is 3.21. The molecule has 0 saturated carbocycles. The summed E-state index contributed by atoms with van der Waals surface area (Å²) in [5.41, 5.74) is 13.8. The highest BCUT2D eigenvalue weighted by Gasteiger charge is 2.15. The van der Waals surface area contributed by atoms with Gasteiger partial charge in [-0.1, -0.05) is 31.3 Å². The molecule has 4 N–H and O–H groups in total. The normalized spacial score (nSPS) is 12.2. The number of aromatic nitrogens is 1. The molecular weight excluding hydrogens is 366 g/mol. The molecule has 0 fully saturated rings. The lowest BCUT2D eigenvalue weighted by Crippen LogP contribution is -2.28. The Morgan fingerprint density at radius 1 is 1.30 bits per heavy atom. The minimum absolute atomic E-state index is 0.0760. The molecule has 7 nitrogen and oxygen atoms in total. The lowest BCUT2D eigenvalue weighted by Gasteiger charge is -2.17. The zero-order chi connectivity index (χ0) is 19.8. The van der Waals surface area contributed by atoms with Gasteiger partial charge in [-0.05, 0) is 30.0 Å². The van der Waals surface area contributed by atoms with Crippen molar-refractivity contribution in [1.29, 1.82) is 0 Å². The summed E-state index contributed by atoms with van der Waals surface area (Å²) in [4.78, 5) is 15.2. The predicted molar refractivity (Wildman–Crippen MR) is 106 cm³/mol. The van der Waals surface area contributed by atoms with Crippen LogP contribution in [0.4, 0.5) is 4.79 Å². The summed E-state index contributed by atoms with van der Waals surface area (Å²) in [7, 11) is 1.66. The summed E-state index contributed by atoms with van der Waals surface area (Å²) in [6, 6.07) is 6.05. The Morgan fingerprint density at radius 3 is 2.74 bits per heavy atom. The molecule has 27 heavy (non-hydrogen) atoms. The SMILES string of the molecule is COCCCOc1cc(CC(N)C(C)C)ccc1-c1csc(OC(N)=O)n1. The Morgan fingerprint density at radius 2 is 2.07 bits per heavy atom. The minimum atomic E-state index is -0.884. The second kappa shape index (κ2) is 10.2. The van der Waals surface area contributed by atoms with Gasteiger partial charge in [-0.3, -0.25) is 0 Å². The maximum absolute atomic E-state index is 10.9. The third-order valence-corrected chi connectivity index (χ3v) is 4.79.